The number of aryl methyl sites for hydroxylation is 1. The highest BCUT2D eigenvalue weighted by Gasteiger charge is 2.14. The number of unbranched alkanes of at least 4 members (excludes halogenated alkanes) is 5. The highest BCUT2D eigenvalue weighted by molar-refractivity contribution is 7.14. The van der Waals surface area contributed by atoms with Crippen LogP contribution in [-0.4, -0.2) is 17.7 Å². The molecule has 18 heavy (non-hydrogen) atoms. The van der Waals surface area contributed by atoms with Crippen LogP contribution in [0, 0.1) is 6.92 Å². The highest BCUT2D eigenvalue weighted by atomic mass is 32.1. The van der Waals surface area contributed by atoms with E-state index in [-0.39, 0.29) is 0 Å². The normalized spacial score (nSPS) is 10.6. The fourth-order valence-electron chi connectivity index (χ4n) is 1.81. The number of rotatable bonds is 9. The Morgan fingerprint density at radius 1 is 1.28 bits per heavy atom. The number of carboxylic acids is 1. The quantitative estimate of drug-likeness (QED) is 0.672. The molecule has 4 heteroatoms. The SMILES string of the molecule is CCCCCCCCOc1cc(C)sc1C(=O)O. The molecule has 0 aliphatic rings. The molecule has 0 unspecified atom stereocenters. The van der Waals surface area contributed by atoms with Gasteiger partial charge in [-0.2, -0.15) is 0 Å². The molecule has 0 aliphatic carbocycles. The van der Waals surface area contributed by atoms with Crippen molar-refractivity contribution in [2.24, 2.45) is 0 Å². The van der Waals surface area contributed by atoms with Gasteiger partial charge in [0.05, 0.1) is 6.61 Å². The Kier molecular flexibility index (Phi) is 6.80. The van der Waals surface area contributed by atoms with E-state index in [1.807, 2.05) is 13.0 Å². The molecule has 0 aliphatic heterocycles. The van der Waals surface area contributed by atoms with Gasteiger partial charge in [-0.1, -0.05) is 39.0 Å². The van der Waals surface area contributed by atoms with Crippen molar-refractivity contribution in [3.05, 3.63) is 15.8 Å². The van der Waals surface area contributed by atoms with E-state index in [4.69, 9.17) is 9.84 Å². The van der Waals surface area contributed by atoms with Crippen LogP contribution < -0.4 is 4.74 Å². The third kappa shape index (κ3) is 5.08. The summed E-state index contributed by atoms with van der Waals surface area (Å²) in [5.41, 5.74) is 0. The maximum atomic E-state index is 11.0. The fourth-order valence-corrected chi connectivity index (χ4v) is 2.61. The largest absolute Gasteiger partial charge is 0.492 e. The second-order valence-electron chi connectivity index (χ2n) is 4.47. The van der Waals surface area contributed by atoms with Gasteiger partial charge in [-0.15, -0.1) is 11.3 Å². The molecule has 1 N–H and O–H groups in total. The lowest BCUT2D eigenvalue weighted by atomic mass is 10.1. The molecule has 3 nitrogen and oxygen atoms in total. The standard InChI is InChI=1S/C14H22O3S/c1-3-4-5-6-7-8-9-17-12-10-11(2)18-13(12)14(15)16/h10H,3-9H2,1-2H3,(H,15,16). The molecule has 1 aromatic rings. The van der Waals surface area contributed by atoms with Crippen molar-refractivity contribution in [2.45, 2.75) is 52.4 Å². The van der Waals surface area contributed by atoms with Crippen LogP contribution in [0.1, 0.15) is 60.0 Å². The summed E-state index contributed by atoms with van der Waals surface area (Å²) in [6.07, 6.45) is 7.24. The third-order valence-electron chi connectivity index (χ3n) is 2.77. The Labute approximate surface area is 113 Å². The van der Waals surface area contributed by atoms with Gasteiger partial charge in [-0.05, 0) is 19.4 Å². The molecular formula is C14H22O3S. The lowest BCUT2D eigenvalue weighted by Crippen LogP contribution is -2.01. The number of carboxylic acid groups (broad SMARTS) is 1. The average molecular weight is 270 g/mol. The molecule has 0 aromatic carbocycles. The molecule has 1 heterocycles. The van der Waals surface area contributed by atoms with Gasteiger partial charge in [0.25, 0.3) is 0 Å². The molecule has 0 amide bonds. The molecular weight excluding hydrogens is 248 g/mol. The van der Waals surface area contributed by atoms with Crippen LogP contribution in [-0.2, 0) is 0 Å². The van der Waals surface area contributed by atoms with Crippen LogP contribution in [0.5, 0.6) is 5.75 Å². The van der Waals surface area contributed by atoms with E-state index < -0.39 is 5.97 Å². The van der Waals surface area contributed by atoms with Crippen molar-refractivity contribution in [3.8, 4) is 5.75 Å². The summed E-state index contributed by atoms with van der Waals surface area (Å²) in [5, 5.41) is 9.01. The molecule has 0 radical (unpaired) electrons. The summed E-state index contributed by atoms with van der Waals surface area (Å²) >= 11 is 1.27. The lowest BCUT2D eigenvalue weighted by molar-refractivity contribution is 0.0698. The van der Waals surface area contributed by atoms with Crippen molar-refractivity contribution in [2.75, 3.05) is 6.61 Å². The van der Waals surface area contributed by atoms with Crippen molar-refractivity contribution in [1.29, 1.82) is 0 Å². The van der Waals surface area contributed by atoms with Gasteiger partial charge in [-0.3, -0.25) is 0 Å². The first-order valence-electron chi connectivity index (χ1n) is 6.61. The molecule has 0 atom stereocenters. The van der Waals surface area contributed by atoms with E-state index in [1.54, 1.807) is 0 Å². The first kappa shape index (κ1) is 15.0. The molecule has 0 fully saturated rings. The minimum absolute atomic E-state index is 0.318. The Hall–Kier alpha value is -1.03. The maximum Gasteiger partial charge on any atom is 0.349 e. The average Bonchev–Trinajstić information content (AvgIpc) is 2.69. The van der Waals surface area contributed by atoms with Gasteiger partial charge in [0.2, 0.25) is 0 Å². The molecule has 1 rings (SSSR count). The zero-order valence-corrected chi connectivity index (χ0v) is 12.0. The van der Waals surface area contributed by atoms with Gasteiger partial charge in [0, 0.05) is 4.88 Å². The van der Waals surface area contributed by atoms with Crippen LogP contribution in [0.2, 0.25) is 0 Å². The van der Waals surface area contributed by atoms with Crippen LogP contribution in [0.3, 0.4) is 0 Å². The van der Waals surface area contributed by atoms with Crippen LogP contribution in [0.25, 0.3) is 0 Å². The van der Waals surface area contributed by atoms with E-state index in [1.165, 1.54) is 37.0 Å². The summed E-state index contributed by atoms with van der Waals surface area (Å²) in [6, 6.07) is 1.81. The molecule has 0 saturated carbocycles. The number of thiophene rings is 1. The zero-order chi connectivity index (χ0) is 13.4. The van der Waals surface area contributed by atoms with Crippen LogP contribution >= 0.6 is 11.3 Å². The smallest absolute Gasteiger partial charge is 0.349 e. The minimum Gasteiger partial charge on any atom is -0.492 e. The van der Waals surface area contributed by atoms with Gasteiger partial charge in [0.1, 0.15) is 5.75 Å². The number of ether oxygens (including phenoxy) is 1. The monoisotopic (exact) mass is 270 g/mol. The van der Waals surface area contributed by atoms with Gasteiger partial charge in [0.15, 0.2) is 4.88 Å². The number of aromatic carboxylic acids is 1. The van der Waals surface area contributed by atoms with Crippen LogP contribution in [0.4, 0.5) is 0 Å². The Bertz CT molecular complexity index is 371. The minimum atomic E-state index is -0.897. The van der Waals surface area contributed by atoms with E-state index in [0.29, 0.717) is 17.2 Å². The molecule has 102 valence electrons. The van der Waals surface area contributed by atoms with Crippen molar-refractivity contribution in [1.82, 2.24) is 0 Å². The predicted molar refractivity (Wildman–Crippen MR) is 74.9 cm³/mol. The first-order valence-corrected chi connectivity index (χ1v) is 7.43. The van der Waals surface area contributed by atoms with E-state index >= 15 is 0 Å². The number of carbonyl (C=O) groups is 1. The Morgan fingerprint density at radius 2 is 1.94 bits per heavy atom. The molecule has 0 spiro atoms. The number of hydrogen-bond donors (Lipinski definition) is 1. The van der Waals surface area contributed by atoms with Gasteiger partial charge in [-0.25, -0.2) is 4.79 Å². The van der Waals surface area contributed by atoms with Gasteiger partial charge < -0.3 is 9.84 Å². The second kappa shape index (κ2) is 8.14. The van der Waals surface area contributed by atoms with Crippen molar-refractivity contribution >= 4 is 17.3 Å². The van der Waals surface area contributed by atoms with Gasteiger partial charge >= 0.3 is 5.97 Å². The second-order valence-corrected chi connectivity index (χ2v) is 5.73. The Balaban J connectivity index is 2.25. The summed E-state index contributed by atoms with van der Waals surface area (Å²) in [5.74, 6) is -0.371. The van der Waals surface area contributed by atoms with E-state index in [0.717, 1.165) is 17.7 Å². The van der Waals surface area contributed by atoms with Crippen molar-refractivity contribution in [3.63, 3.8) is 0 Å². The fraction of sp³-hybridized carbons (Fsp3) is 0.643. The molecule has 0 saturated heterocycles. The number of hydrogen-bond acceptors (Lipinski definition) is 3. The van der Waals surface area contributed by atoms with Crippen molar-refractivity contribution < 1.29 is 14.6 Å². The van der Waals surface area contributed by atoms with E-state index in [2.05, 4.69) is 6.92 Å². The first-order chi connectivity index (χ1) is 8.65. The van der Waals surface area contributed by atoms with E-state index in [9.17, 15) is 4.79 Å². The molecule has 0 bridgehead atoms. The zero-order valence-electron chi connectivity index (χ0n) is 11.2. The summed E-state index contributed by atoms with van der Waals surface area (Å²) in [7, 11) is 0. The highest BCUT2D eigenvalue weighted by Crippen LogP contribution is 2.29. The topological polar surface area (TPSA) is 46.5 Å². The summed E-state index contributed by atoms with van der Waals surface area (Å²) in [6.45, 7) is 4.72. The molecule has 1 aromatic heterocycles. The maximum absolute atomic E-state index is 11.0. The summed E-state index contributed by atoms with van der Waals surface area (Å²) in [4.78, 5) is 12.3. The summed E-state index contributed by atoms with van der Waals surface area (Å²) < 4.78 is 5.56. The Morgan fingerprint density at radius 3 is 2.61 bits per heavy atom. The lowest BCUT2D eigenvalue weighted by Gasteiger charge is -2.05. The predicted octanol–water partition coefficient (Wildman–Crippen LogP) is 4.49. The van der Waals surface area contributed by atoms with Crippen LogP contribution in [0.15, 0.2) is 6.07 Å². The third-order valence-corrected chi connectivity index (χ3v) is 3.79.